The number of hydrogen-bond acceptors (Lipinski definition) is 2. The third-order valence-corrected chi connectivity index (χ3v) is 2.09. The number of benzene rings is 1. The molecule has 3 N–H and O–H groups in total. The Bertz CT molecular complexity index is 294. The van der Waals surface area contributed by atoms with E-state index in [0.717, 1.165) is 11.1 Å². The Labute approximate surface area is 78.7 Å². The molecule has 0 saturated carbocycles. The van der Waals surface area contributed by atoms with Crippen LogP contribution in [-0.2, 0) is 0 Å². The average molecular weight is 177 g/mol. The Morgan fingerprint density at radius 1 is 1.46 bits per heavy atom. The molecule has 0 aliphatic carbocycles. The second-order valence-corrected chi connectivity index (χ2v) is 3.10. The van der Waals surface area contributed by atoms with E-state index in [2.05, 4.69) is 6.58 Å². The van der Waals surface area contributed by atoms with Gasteiger partial charge in [0.2, 0.25) is 0 Å². The average Bonchev–Trinajstić information content (AvgIpc) is 2.16. The molecule has 13 heavy (non-hydrogen) atoms. The second-order valence-electron chi connectivity index (χ2n) is 3.10. The molecular formula is C11H15NO. The van der Waals surface area contributed by atoms with Gasteiger partial charge in [0, 0.05) is 0 Å². The lowest BCUT2D eigenvalue weighted by atomic mass is 9.98. The van der Waals surface area contributed by atoms with Gasteiger partial charge in [-0.3, -0.25) is 0 Å². The summed E-state index contributed by atoms with van der Waals surface area (Å²) in [7, 11) is 0. The van der Waals surface area contributed by atoms with Crippen LogP contribution in [0.15, 0.2) is 30.8 Å². The minimum atomic E-state index is -0.541. The predicted molar refractivity (Wildman–Crippen MR) is 55.1 cm³/mol. The molecule has 0 heterocycles. The minimum absolute atomic E-state index is 0.339. The standard InChI is InChI=1S/C11H15NO/c1-3-9-6-4-5-7-10(9)11(12)8(2)13/h3-8,11,13H,1,12H2,2H3/t8?,11-/m1/s1. The van der Waals surface area contributed by atoms with Crippen molar-refractivity contribution < 1.29 is 5.11 Å². The summed E-state index contributed by atoms with van der Waals surface area (Å²) in [6.45, 7) is 5.38. The van der Waals surface area contributed by atoms with Gasteiger partial charge in [-0.2, -0.15) is 0 Å². The quantitative estimate of drug-likeness (QED) is 0.738. The predicted octanol–water partition coefficient (Wildman–Crippen LogP) is 1.71. The van der Waals surface area contributed by atoms with Crippen molar-refractivity contribution in [1.29, 1.82) is 0 Å². The number of rotatable bonds is 3. The van der Waals surface area contributed by atoms with Crippen LogP contribution < -0.4 is 5.73 Å². The number of hydrogen-bond donors (Lipinski definition) is 2. The molecule has 2 nitrogen and oxygen atoms in total. The van der Waals surface area contributed by atoms with Crippen LogP contribution in [-0.4, -0.2) is 11.2 Å². The van der Waals surface area contributed by atoms with Crippen LogP contribution in [0.5, 0.6) is 0 Å². The summed E-state index contributed by atoms with van der Waals surface area (Å²) >= 11 is 0. The summed E-state index contributed by atoms with van der Waals surface area (Å²) in [5.74, 6) is 0. The fourth-order valence-electron chi connectivity index (χ4n) is 1.26. The van der Waals surface area contributed by atoms with Crippen molar-refractivity contribution >= 4 is 6.08 Å². The van der Waals surface area contributed by atoms with Crippen LogP contribution in [0.25, 0.3) is 6.08 Å². The summed E-state index contributed by atoms with van der Waals surface area (Å²) < 4.78 is 0. The van der Waals surface area contributed by atoms with Gasteiger partial charge in [-0.25, -0.2) is 0 Å². The van der Waals surface area contributed by atoms with E-state index >= 15 is 0 Å². The van der Waals surface area contributed by atoms with E-state index < -0.39 is 6.10 Å². The molecule has 1 aromatic rings. The molecule has 0 aliphatic rings. The molecule has 0 aliphatic heterocycles. The van der Waals surface area contributed by atoms with Crippen molar-refractivity contribution in [1.82, 2.24) is 0 Å². The molecule has 0 spiro atoms. The second kappa shape index (κ2) is 4.21. The molecular weight excluding hydrogens is 162 g/mol. The van der Waals surface area contributed by atoms with Gasteiger partial charge in [0.1, 0.15) is 0 Å². The number of aliphatic hydroxyl groups excluding tert-OH is 1. The zero-order chi connectivity index (χ0) is 9.84. The van der Waals surface area contributed by atoms with Crippen molar-refractivity contribution in [3.05, 3.63) is 42.0 Å². The third-order valence-electron chi connectivity index (χ3n) is 2.09. The summed E-state index contributed by atoms with van der Waals surface area (Å²) in [5.41, 5.74) is 7.74. The Morgan fingerprint density at radius 2 is 2.08 bits per heavy atom. The van der Waals surface area contributed by atoms with Gasteiger partial charge in [0.05, 0.1) is 12.1 Å². The van der Waals surface area contributed by atoms with Gasteiger partial charge in [0.25, 0.3) is 0 Å². The van der Waals surface area contributed by atoms with Crippen molar-refractivity contribution in [2.75, 3.05) is 0 Å². The first kappa shape index (κ1) is 9.96. The van der Waals surface area contributed by atoms with E-state index in [1.54, 1.807) is 13.0 Å². The normalized spacial score (nSPS) is 15.0. The van der Waals surface area contributed by atoms with Gasteiger partial charge < -0.3 is 10.8 Å². The van der Waals surface area contributed by atoms with Crippen LogP contribution in [0.4, 0.5) is 0 Å². The monoisotopic (exact) mass is 177 g/mol. The maximum absolute atomic E-state index is 9.33. The highest BCUT2D eigenvalue weighted by Gasteiger charge is 2.13. The molecule has 0 fully saturated rings. The summed E-state index contributed by atoms with van der Waals surface area (Å²) in [5, 5.41) is 9.33. The maximum Gasteiger partial charge on any atom is 0.0704 e. The van der Waals surface area contributed by atoms with E-state index in [4.69, 9.17) is 5.73 Å². The van der Waals surface area contributed by atoms with Crippen LogP contribution in [0.1, 0.15) is 24.1 Å². The summed E-state index contributed by atoms with van der Waals surface area (Å²) in [4.78, 5) is 0. The topological polar surface area (TPSA) is 46.2 Å². The molecule has 1 rings (SSSR count). The molecule has 0 aromatic heterocycles. The Morgan fingerprint density at radius 3 is 2.62 bits per heavy atom. The van der Waals surface area contributed by atoms with E-state index in [-0.39, 0.29) is 6.04 Å². The lowest BCUT2D eigenvalue weighted by Gasteiger charge is -2.17. The van der Waals surface area contributed by atoms with Crippen LogP contribution >= 0.6 is 0 Å². The van der Waals surface area contributed by atoms with Crippen molar-refractivity contribution in [3.63, 3.8) is 0 Å². The molecule has 0 bridgehead atoms. The van der Waals surface area contributed by atoms with Crippen molar-refractivity contribution in [3.8, 4) is 0 Å². The third kappa shape index (κ3) is 2.17. The number of aliphatic hydroxyl groups is 1. The molecule has 2 heteroatoms. The van der Waals surface area contributed by atoms with Gasteiger partial charge in [0.15, 0.2) is 0 Å². The zero-order valence-corrected chi connectivity index (χ0v) is 7.77. The Hall–Kier alpha value is -1.12. The van der Waals surface area contributed by atoms with Crippen LogP contribution in [0.3, 0.4) is 0 Å². The van der Waals surface area contributed by atoms with Crippen LogP contribution in [0.2, 0.25) is 0 Å². The van der Waals surface area contributed by atoms with E-state index in [1.165, 1.54) is 0 Å². The highest BCUT2D eigenvalue weighted by atomic mass is 16.3. The summed E-state index contributed by atoms with van der Waals surface area (Å²) in [6, 6.07) is 7.34. The number of nitrogens with two attached hydrogens (primary N) is 1. The SMILES string of the molecule is C=Cc1ccccc1[C@H](N)C(C)O. The molecule has 1 unspecified atom stereocenters. The summed E-state index contributed by atoms with van der Waals surface area (Å²) in [6.07, 6.45) is 1.21. The minimum Gasteiger partial charge on any atom is -0.391 e. The molecule has 0 radical (unpaired) electrons. The van der Waals surface area contributed by atoms with E-state index in [0.29, 0.717) is 0 Å². The Kier molecular flexibility index (Phi) is 3.23. The fourth-order valence-corrected chi connectivity index (χ4v) is 1.26. The van der Waals surface area contributed by atoms with Crippen molar-refractivity contribution in [2.24, 2.45) is 5.73 Å². The zero-order valence-electron chi connectivity index (χ0n) is 7.77. The van der Waals surface area contributed by atoms with Gasteiger partial charge in [-0.05, 0) is 18.1 Å². The maximum atomic E-state index is 9.33. The fraction of sp³-hybridized carbons (Fsp3) is 0.273. The molecule has 2 atom stereocenters. The highest BCUT2D eigenvalue weighted by molar-refractivity contribution is 5.52. The largest absolute Gasteiger partial charge is 0.391 e. The molecule has 1 aromatic carbocycles. The first-order chi connectivity index (χ1) is 6.16. The first-order valence-electron chi connectivity index (χ1n) is 4.32. The van der Waals surface area contributed by atoms with Gasteiger partial charge in [-0.15, -0.1) is 0 Å². The van der Waals surface area contributed by atoms with Crippen LogP contribution in [0, 0.1) is 0 Å². The van der Waals surface area contributed by atoms with Gasteiger partial charge in [-0.1, -0.05) is 36.9 Å². The lowest BCUT2D eigenvalue weighted by molar-refractivity contribution is 0.164. The molecule has 0 amide bonds. The highest BCUT2D eigenvalue weighted by Crippen LogP contribution is 2.19. The smallest absolute Gasteiger partial charge is 0.0704 e. The molecule has 70 valence electrons. The van der Waals surface area contributed by atoms with Gasteiger partial charge >= 0.3 is 0 Å². The van der Waals surface area contributed by atoms with Crippen molar-refractivity contribution in [2.45, 2.75) is 19.1 Å². The van der Waals surface area contributed by atoms with E-state index in [1.807, 2.05) is 24.3 Å². The molecule has 0 saturated heterocycles. The Balaban J connectivity index is 3.05. The van der Waals surface area contributed by atoms with E-state index in [9.17, 15) is 5.11 Å². The first-order valence-corrected chi connectivity index (χ1v) is 4.32. The lowest BCUT2D eigenvalue weighted by Crippen LogP contribution is -2.23.